The van der Waals surface area contributed by atoms with Gasteiger partial charge in [0.25, 0.3) is 0 Å². The number of fused-ring (bicyclic) bond motifs is 1. The van der Waals surface area contributed by atoms with Gasteiger partial charge in [0.1, 0.15) is 22.4 Å². The Morgan fingerprint density at radius 3 is 2.83 bits per heavy atom. The molecule has 0 bridgehead atoms. The van der Waals surface area contributed by atoms with E-state index in [0.717, 1.165) is 47.0 Å². The molecule has 2 aliphatic heterocycles. The van der Waals surface area contributed by atoms with Crippen molar-refractivity contribution in [1.82, 2.24) is 25.1 Å². The van der Waals surface area contributed by atoms with Gasteiger partial charge in [-0.2, -0.15) is 5.10 Å². The Hall–Kier alpha value is -2.85. The largest absolute Gasteiger partial charge is 0.381 e. The third kappa shape index (κ3) is 3.07. The number of amides is 1. The third-order valence-corrected chi connectivity index (χ3v) is 6.60. The lowest BCUT2D eigenvalue weighted by Gasteiger charge is -2.45. The van der Waals surface area contributed by atoms with Crippen molar-refractivity contribution in [2.24, 2.45) is 0 Å². The molecule has 0 spiro atoms. The average molecular weight is 426 g/mol. The molecule has 1 fully saturated rings. The highest BCUT2D eigenvalue weighted by atomic mass is 32.1. The van der Waals surface area contributed by atoms with Crippen molar-refractivity contribution in [3.8, 4) is 22.1 Å². The van der Waals surface area contributed by atoms with Crippen molar-refractivity contribution in [2.45, 2.75) is 38.3 Å². The number of thiazole rings is 1. The fraction of sp³-hybridized carbons (Fsp3) is 0.450. The number of rotatable bonds is 4. The molecular formula is C20H23N7O2S. The molecule has 1 N–H and O–H groups in total. The smallest absolute Gasteiger partial charge is 0.249 e. The summed E-state index contributed by atoms with van der Waals surface area (Å²) < 4.78 is 5.56. The third-order valence-electron chi connectivity index (χ3n) is 5.80. The molecule has 0 saturated carbocycles. The minimum atomic E-state index is -0.240. The van der Waals surface area contributed by atoms with Gasteiger partial charge in [-0.15, -0.1) is 11.3 Å². The molecule has 5 rings (SSSR count). The molecule has 156 valence electrons. The number of carbonyl (C=O) groups is 1. The second kappa shape index (κ2) is 7.77. The zero-order valence-electron chi connectivity index (χ0n) is 16.9. The van der Waals surface area contributed by atoms with Crippen molar-refractivity contribution < 1.29 is 9.53 Å². The maximum atomic E-state index is 13.1. The molecule has 0 aromatic carbocycles. The number of hydrogen-bond acceptors (Lipinski definition) is 8. The number of anilines is 2. The van der Waals surface area contributed by atoms with Gasteiger partial charge in [0.15, 0.2) is 11.6 Å². The van der Waals surface area contributed by atoms with Crippen molar-refractivity contribution in [1.29, 1.82) is 0 Å². The lowest BCUT2D eigenvalue weighted by Crippen LogP contribution is -2.57. The van der Waals surface area contributed by atoms with Crippen molar-refractivity contribution >= 4 is 28.7 Å². The second-order valence-corrected chi connectivity index (χ2v) is 8.37. The van der Waals surface area contributed by atoms with Gasteiger partial charge in [-0.25, -0.2) is 15.0 Å². The van der Waals surface area contributed by atoms with E-state index in [1.54, 1.807) is 30.5 Å². The first-order chi connectivity index (χ1) is 14.7. The van der Waals surface area contributed by atoms with Crippen LogP contribution in [-0.2, 0) is 9.53 Å². The molecule has 0 radical (unpaired) electrons. The van der Waals surface area contributed by atoms with Gasteiger partial charge in [0.2, 0.25) is 5.91 Å². The Balaban J connectivity index is 1.62. The van der Waals surface area contributed by atoms with E-state index in [0.29, 0.717) is 19.0 Å². The van der Waals surface area contributed by atoms with E-state index in [-0.39, 0.29) is 18.0 Å². The standard InChI is InChI=1S/C20H23N7O2S/c1-3-14-20(28)26(2)15-11-22-17(13-10-23-25-16(13)19-21-6-9-30-19)24-18(15)27(14)12-4-7-29-8-5-12/h6,9-12,14H,3-5,7-8H2,1-2H3,(H,23,25). The Labute approximate surface area is 178 Å². The molecular weight excluding hydrogens is 402 g/mol. The molecule has 5 heterocycles. The molecule has 1 unspecified atom stereocenters. The zero-order valence-corrected chi connectivity index (χ0v) is 17.7. The number of carbonyl (C=O) groups excluding carboxylic acids is 1. The van der Waals surface area contributed by atoms with Gasteiger partial charge in [0, 0.05) is 37.9 Å². The first-order valence-corrected chi connectivity index (χ1v) is 11.0. The predicted molar refractivity (Wildman–Crippen MR) is 115 cm³/mol. The fourth-order valence-corrected chi connectivity index (χ4v) is 4.91. The molecule has 1 saturated heterocycles. The van der Waals surface area contributed by atoms with Crippen LogP contribution >= 0.6 is 11.3 Å². The summed E-state index contributed by atoms with van der Waals surface area (Å²) in [5.41, 5.74) is 2.33. The van der Waals surface area contributed by atoms with Crippen LogP contribution in [0.4, 0.5) is 11.5 Å². The lowest BCUT2D eigenvalue weighted by molar-refractivity contribution is -0.120. The van der Waals surface area contributed by atoms with Crippen molar-refractivity contribution in [3.63, 3.8) is 0 Å². The molecule has 3 aromatic rings. The lowest BCUT2D eigenvalue weighted by atomic mass is 9.99. The van der Waals surface area contributed by atoms with Gasteiger partial charge in [0.05, 0.1) is 18.0 Å². The minimum Gasteiger partial charge on any atom is -0.381 e. The summed E-state index contributed by atoms with van der Waals surface area (Å²) in [6.45, 7) is 3.45. The number of hydrogen-bond donors (Lipinski definition) is 1. The van der Waals surface area contributed by atoms with E-state index < -0.39 is 0 Å². The first-order valence-electron chi connectivity index (χ1n) is 10.1. The number of likely N-dealkylation sites (N-methyl/N-ethyl adjacent to an activating group) is 1. The summed E-state index contributed by atoms with van der Waals surface area (Å²) in [6, 6.07) is -0.0261. The highest BCUT2D eigenvalue weighted by molar-refractivity contribution is 7.13. The minimum absolute atomic E-state index is 0.0830. The van der Waals surface area contributed by atoms with Crippen LogP contribution in [0, 0.1) is 0 Å². The number of nitrogens with one attached hydrogen (secondary N) is 1. The Morgan fingerprint density at radius 2 is 2.10 bits per heavy atom. The van der Waals surface area contributed by atoms with E-state index in [4.69, 9.17) is 9.72 Å². The molecule has 30 heavy (non-hydrogen) atoms. The van der Waals surface area contributed by atoms with Gasteiger partial charge < -0.3 is 14.5 Å². The summed E-state index contributed by atoms with van der Waals surface area (Å²) in [5, 5.41) is 9.98. The Bertz CT molecular complexity index is 1050. The zero-order chi connectivity index (χ0) is 20.7. The number of aromatic nitrogens is 5. The van der Waals surface area contributed by atoms with Gasteiger partial charge in [-0.3, -0.25) is 9.89 Å². The Kier molecular flexibility index (Phi) is 4.95. The molecule has 1 atom stereocenters. The van der Waals surface area contributed by atoms with E-state index >= 15 is 0 Å². The monoisotopic (exact) mass is 425 g/mol. The highest BCUT2D eigenvalue weighted by Crippen LogP contribution is 2.39. The van der Waals surface area contributed by atoms with E-state index in [9.17, 15) is 4.79 Å². The molecule has 9 nitrogen and oxygen atoms in total. The highest BCUT2D eigenvalue weighted by Gasteiger charge is 2.41. The van der Waals surface area contributed by atoms with Gasteiger partial charge in [-0.1, -0.05) is 6.92 Å². The number of nitrogens with zero attached hydrogens (tertiary/aromatic N) is 6. The molecule has 1 amide bonds. The van der Waals surface area contributed by atoms with Crippen LogP contribution in [0.5, 0.6) is 0 Å². The summed E-state index contributed by atoms with van der Waals surface area (Å²) in [4.78, 5) is 30.9. The van der Waals surface area contributed by atoms with Crippen LogP contribution in [0.15, 0.2) is 24.0 Å². The maximum absolute atomic E-state index is 13.1. The molecule has 2 aliphatic rings. The quantitative estimate of drug-likeness (QED) is 0.686. The van der Waals surface area contributed by atoms with Crippen molar-refractivity contribution in [2.75, 3.05) is 30.1 Å². The van der Waals surface area contributed by atoms with Gasteiger partial charge in [-0.05, 0) is 19.3 Å². The fourth-order valence-electron chi connectivity index (χ4n) is 4.26. The first kappa shape index (κ1) is 19.1. The molecule has 0 aliphatic carbocycles. The van der Waals surface area contributed by atoms with Crippen LogP contribution in [0.25, 0.3) is 22.1 Å². The van der Waals surface area contributed by atoms with E-state index in [1.165, 1.54) is 11.3 Å². The van der Waals surface area contributed by atoms with Crippen LogP contribution in [0.3, 0.4) is 0 Å². The number of ether oxygens (including phenoxy) is 1. The van der Waals surface area contributed by atoms with E-state index in [1.807, 2.05) is 12.3 Å². The molecule has 3 aromatic heterocycles. The summed E-state index contributed by atoms with van der Waals surface area (Å²) in [5.74, 6) is 1.45. The predicted octanol–water partition coefficient (Wildman–Crippen LogP) is 2.73. The topological polar surface area (TPSA) is 100 Å². The van der Waals surface area contributed by atoms with Crippen LogP contribution in [-0.4, -0.2) is 63.4 Å². The Morgan fingerprint density at radius 1 is 1.27 bits per heavy atom. The van der Waals surface area contributed by atoms with Crippen LogP contribution in [0.2, 0.25) is 0 Å². The molecule has 10 heteroatoms. The van der Waals surface area contributed by atoms with Crippen LogP contribution < -0.4 is 9.80 Å². The number of H-pyrrole nitrogens is 1. The van der Waals surface area contributed by atoms with E-state index in [2.05, 4.69) is 25.1 Å². The summed E-state index contributed by atoms with van der Waals surface area (Å²) >= 11 is 1.53. The van der Waals surface area contributed by atoms with Gasteiger partial charge >= 0.3 is 0 Å². The van der Waals surface area contributed by atoms with Crippen LogP contribution in [0.1, 0.15) is 26.2 Å². The maximum Gasteiger partial charge on any atom is 0.249 e. The normalized spacial score (nSPS) is 19.9. The summed E-state index contributed by atoms with van der Waals surface area (Å²) in [7, 11) is 1.80. The summed E-state index contributed by atoms with van der Waals surface area (Å²) in [6.07, 6.45) is 7.70. The SMILES string of the molecule is CCC1C(=O)N(C)c2cnc(-c3cn[nH]c3-c3nccs3)nc2N1C1CCOCC1. The number of aromatic amines is 1. The second-order valence-electron chi connectivity index (χ2n) is 7.47. The average Bonchev–Trinajstić information content (AvgIpc) is 3.48. The van der Waals surface area contributed by atoms with Crippen molar-refractivity contribution in [3.05, 3.63) is 24.0 Å².